The van der Waals surface area contributed by atoms with Gasteiger partial charge in [-0.2, -0.15) is 24.9 Å². The van der Waals surface area contributed by atoms with E-state index in [-0.39, 0.29) is 11.4 Å². The summed E-state index contributed by atoms with van der Waals surface area (Å²) in [4.78, 5) is 4.32. The van der Waals surface area contributed by atoms with Crippen molar-refractivity contribution in [2.24, 2.45) is 0 Å². The number of aromatic nitrogens is 1. The topological polar surface area (TPSA) is 65.4 Å². The van der Waals surface area contributed by atoms with Crippen LogP contribution in [0.25, 0.3) is 10.9 Å². The molecule has 10 heteroatoms. The molecular weight excluding hydrogens is 451 g/mol. The summed E-state index contributed by atoms with van der Waals surface area (Å²) in [5, 5.41) is 24.1. The number of nitrogens with one attached hydrogen (secondary N) is 1. The van der Waals surface area contributed by atoms with Gasteiger partial charge in [-0.1, -0.05) is 13.0 Å². The molecule has 1 aromatic heterocycles. The number of hydrogen-bond donors (Lipinski definition) is 3. The van der Waals surface area contributed by atoms with Crippen LogP contribution in [-0.2, 0) is 0 Å². The summed E-state index contributed by atoms with van der Waals surface area (Å²) in [6.45, 7) is 3.36. The number of anilines is 1. The van der Waals surface area contributed by atoms with Crippen molar-refractivity contribution >= 4 is 28.4 Å². The highest BCUT2D eigenvalue weighted by molar-refractivity contribution is 7.99. The standard InChI is InChI=1S/C22H21F5N2O2S/c1-3-32-11-21(31,22(25,26)27)20(15-9-13(23)10-16(24)19(15)30)29-18-6-4-5-17-14(18)8-7-12(2)28-17/h4-10,20,29-31H,3,11H2,1-2H3. The number of fused-ring (bicyclic) bond motifs is 1. The third kappa shape index (κ3) is 4.61. The molecule has 0 spiro atoms. The van der Waals surface area contributed by atoms with Crippen molar-refractivity contribution in [1.29, 1.82) is 0 Å². The van der Waals surface area contributed by atoms with Crippen LogP contribution < -0.4 is 5.32 Å². The Morgan fingerprint density at radius 3 is 2.50 bits per heavy atom. The van der Waals surface area contributed by atoms with Gasteiger partial charge in [0.25, 0.3) is 0 Å². The van der Waals surface area contributed by atoms with Crippen LogP contribution in [-0.4, -0.2) is 38.5 Å². The van der Waals surface area contributed by atoms with Crippen LogP contribution in [0.15, 0.2) is 42.5 Å². The molecule has 2 aromatic carbocycles. The number of alkyl halides is 3. The van der Waals surface area contributed by atoms with Crippen LogP contribution >= 0.6 is 11.8 Å². The van der Waals surface area contributed by atoms with E-state index < -0.39 is 46.5 Å². The van der Waals surface area contributed by atoms with E-state index >= 15 is 0 Å². The van der Waals surface area contributed by atoms with E-state index in [1.54, 1.807) is 38.1 Å². The molecule has 0 saturated heterocycles. The fraction of sp³-hybridized carbons (Fsp3) is 0.318. The first-order chi connectivity index (χ1) is 15.0. The van der Waals surface area contributed by atoms with Gasteiger partial charge in [0.15, 0.2) is 17.2 Å². The van der Waals surface area contributed by atoms with E-state index in [0.717, 1.165) is 11.8 Å². The lowest BCUT2D eigenvalue weighted by Crippen LogP contribution is -2.54. The van der Waals surface area contributed by atoms with Gasteiger partial charge in [0.2, 0.25) is 0 Å². The molecule has 32 heavy (non-hydrogen) atoms. The number of aromatic hydroxyl groups is 1. The number of phenolic OH excluding ortho intramolecular Hbond substituents is 1. The summed E-state index contributed by atoms with van der Waals surface area (Å²) in [5.74, 6) is -4.38. The first-order valence-corrected chi connectivity index (χ1v) is 10.8. The van der Waals surface area contributed by atoms with Crippen LogP contribution in [0.2, 0.25) is 0 Å². The molecule has 0 bridgehead atoms. The first-order valence-electron chi connectivity index (χ1n) is 9.65. The number of phenols is 1. The summed E-state index contributed by atoms with van der Waals surface area (Å²) in [6.07, 6.45) is -5.19. The van der Waals surface area contributed by atoms with Crippen molar-refractivity contribution in [3.05, 3.63) is 65.4 Å². The molecule has 3 rings (SSSR count). The molecule has 0 aliphatic rings. The number of thioether (sulfide) groups is 1. The second kappa shape index (κ2) is 9.11. The zero-order valence-electron chi connectivity index (χ0n) is 17.2. The monoisotopic (exact) mass is 472 g/mol. The Morgan fingerprint density at radius 2 is 1.84 bits per heavy atom. The second-order valence-corrected chi connectivity index (χ2v) is 8.56. The van der Waals surface area contributed by atoms with Crippen LogP contribution in [0.1, 0.15) is 24.2 Å². The van der Waals surface area contributed by atoms with Gasteiger partial charge < -0.3 is 15.5 Å². The van der Waals surface area contributed by atoms with Gasteiger partial charge in [0.1, 0.15) is 5.82 Å². The summed E-state index contributed by atoms with van der Waals surface area (Å²) in [6, 6.07) is 6.77. The molecule has 172 valence electrons. The molecule has 0 saturated carbocycles. The third-order valence-corrected chi connectivity index (χ3v) is 6.09. The van der Waals surface area contributed by atoms with E-state index in [0.29, 0.717) is 28.7 Å². The molecule has 2 unspecified atom stereocenters. The summed E-state index contributed by atoms with van der Waals surface area (Å²) < 4.78 is 70.6. The molecule has 0 fully saturated rings. The third-order valence-electron chi connectivity index (χ3n) is 5.03. The summed E-state index contributed by atoms with van der Waals surface area (Å²) in [7, 11) is 0. The lowest BCUT2D eigenvalue weighted by atomic mass is 9.88. The molecule has 0 aliphatic carbocycles. The van der Waals surface area contributed by atoms with Gasteiger partial charge in [-0.3, -0.25) is 4.98 Å². The van der Waals surface area contributed by atoms with Crippen LogP contribution in [0, 0.1) is 18.6 Å². The molecule has 0 aliphatic heterocycles. The molecule has 1 heterocycles. The number of rotatable bonds is 7. The fourth-order valence-electron chi connectivity index (χ4n) is 3.39. The van der Waals surface area contributed by atoms with Crippen molar-refractivity contribution < 1.29 is 32.2 Å². The molecule has 2 atom stereocenters. The highest BCUT2D eigenvalue weighted by Crippen LogP contribution is 2.47. The van der Waals surface area contributed by atoms with Crippen molar-refractivity contribution in [1.82, 2.24) is 4.98 Å². The number of aryl methyl sites for hydroxylation is 1. The van der Waals surface area contributed by atoms with Crippen molar-refractivity contribution in [3.63, 3.8) is 0 Å². The lowest BCUT2D eigenvalue weighted by Gasteiger charge is -2.39. The van der Waals surface area contributed by atoms with Crippen molar-refractivity contribution in [2.75, 3.05) is 16.8 Å². The van der Waals surface area contributed by atoms with Crippen molar-refractivity contribution in [3.8, 4) is 5.75 Å². The molecule has 0 amide bonds. The van der Waals surface area contributed by atoms with E-state index in [9.17, 15) is 32.2 Å². The zero-order valence-corrected chi connectivity index (χ0v) is 18.0. The van der Waals surface area contributed by atoms with Crippen LogP contribution in [0.5, 0.6) is 5.75 Å². The normalized spacial score (nSPS) is 14.9. The predicted octanol–water partition coefficient (Wildman–Crippen LogP) is 5.73. The van der Waals surface area contributed by atoms with E-state index in [1.165, 1.54) is 6.07 Å². The molecular formula is C22H21F5N2O2S. The van der Waals surface area contributed by atoms with Crippen molar-refractivity contribution in [2.45, 2.75) is 31.7 Å². The Kier molecular flexibility index (Phi) is 6.85. The van der Waals surface area contributed by atoms with Crippen LogP contribution in [0.3, 0.4) is 0 Å². The molecule has 3 N–H and O–H groups in total. The summed E-state index contributed by atoms with van der Waals surface area (Å²) >= 11 is 0.804. The number of halogens is 5. The SMILES string of the molecule is CCSCC(O)(C(Nc1cccc2nc(C)ccc12)c1cc(F)cc(F)c1O)C(F)(F)F. The Labute approximate surface area is 185 Å². The predicted molar refractivity (Wildman–Crippen MR) is 115 cm³/mol. The second-order valence-electron chi connectivity index (χ2n) is 7.29. The maximum absolute atomic E-state index is 14.2. The first kappa shape index (κ1) is 24.1. The largest absolute Gasteiger partial charge is 0.505 e. The molecule has 4 nitrogen and oxygen atoms in total. The molecule has 3 aromatic rings. The highest BCUT2D eigenvalue weighted by Gasteiger charge is 2.59. The number of nitrogens with zero attached hydrogens (tertiary/aromatic N) is 1. The van der Waals surface area contributed by atoms with Gasteiger partial charge in [-0.15, -0.1) is 0 Å². The maximum Gasteiger partial charge on any atom is 0.420 e. The van der Waals surface area contributed by atoms with Crippen LogP contribution in [0.4, 0.5) is 27.6 Å². The highest BCUT2D eigenvalue weighted by atomic mass is 32.2. The minimum Gasteiger partial charge on any atom is -0.505 e. The summed E-state index contributed by atoms with van der Waals surface area (Å²) in [5.41, 5.74) is -2.92. The van der Waals surface area contributed by atoms with Gasteiger partial charge >= 0.3 is 6.18 Å². The average molecular weight is 472 g/mol. The Bertz CT molecular complexity index is 1130. The van der Waals surface area contributed by atoms with Gasteiger partial charge in [-0.25, -0.2) is 8.78 Å². The number of aliphatic hydroxyl groups is 1. The zero-order chi connectivity index (χ0) is 23.7. The quantitative estimate of drug-likeness (QED) is 0.384. The van der Waals surface area contributed by atoms with Gasteiger partial charge in [-0.05, 0) is 43.0 Å². The van der Waals surface area contributed by atoms with Gasteiger partial charge in [0.05, 0.1) is 11.6 Å². The number of pyridine rings is 1. The van der Waals surface area contributed by atoms with E-state index in [4.69, 9.17) is 0 Å². The van der Waals surface area contributed by atoms with E-state index in [1.807, 2.05) is 0 Å². The number of benzene rings is 2. The lowest BCUT2D eigenvalue weighted by molar-refractivity contribution is -0.256. The number of hydrogen-bond acceptors (Lipinski definition) is 5. The Hall–Kier alpha value is -2.59. The van der Waals surface area contributed by atoms with Gasteiger partial charge in [0, 0.05) is 34.2 Å². The smallest absolute Gasteiger partial charge is 0.420 e. The fourth-order valence-corrected chi connectivity index (χ4v) is 4.23. The Morgan fingerprint density at radius 1 is 1.12 bits per heavy atom. The minimum absolute atomic E-state index is 0.147. The molecule has 0 radical (unpaired) electrons. The average Bonchev–Trinajstić information content (AvgIpc) is 2.72. The maximum atomic E-state index is 14.2. The Balaban J connectivity index is 2.24. The van der Waals surface area contributed by atoms with E-state index in [2.05, 4.69) is 10.3 Å². The minimum atomic E-state index is -5.19.